The third kappa shape index (κ3) is 3.82. The van der Waals surface area contributed by atoms with E-state index in [0.29, 0.717) is 47.7 Å². The van der Waals surface area contributed by atoms with Crippen molar-refractivity contribution < 1.29 is 18.7 Å². The van der Waals surface area contributed by atoms with Crippen LogP contribution >= 0.6 is 0 Å². The Morgan fingerprint density at radius 1 is 1.00 bits per heavy atom. The van der Waals surface area contributed by atoms with E-state index in [-0.39, 0.29) is 17.1 Å². The fraction of sp³-hybridized carbons (Fsp3) is 0.286. The Bertz CT molecular complexity index is 1490. The van der Waals surface area contributed by atoms with Gasteiger partial charge in [0.05, 0.1) is 30.7 Å². The maximum atomic E-state index is 13.9. The highest BCUT2D eigenvalue weighted by molar-refractivity contribution is 6.06. The Morgan fingerprint density at radius 3 is 2.54 bits per heavy atom. The minimum atomic E-state index is -0.589. The van der Waals surface area contributed by atoms with Crippen molar-refractivity contribution in [1.29, 1.82) is 0 Å². The summed E-state index contributed by atoms with van der Waals surface area (Å²) >= 11 is 0. The summed E-state index contributed by atoms with van der Waals surface area (Å²) in [7, 11) is 5.48. The number of benzene rings is 3. The molecule has 4 aromatic rings. The third-order valence-electron chi connectivity index (χ3n) is 6.45. The zero-order chi connectivity index (χ0) is 24.7. The van der Waals surface area contributed by atoms with Gasteiger partial charge in [-0.25, -0.2) is 0 Å². The van der Waals surface area contributed by atoms with E-state index >= 15 is 0 Å². The van der Waals surface area contributed by atoms with Gasteiger partial charge in [0.15, 0.2) is 16.9 Å². The normalized spacial score (nSPS) is 15.3. The van der Waals surface area contributed by atoms with Crippen molar-refractivity contribution in [3.8, 4) is 11.5 Å². The van der Waals surface area contributed by atoms with Crippen molar-refractivity contribution in [1.82, 2.24) is 9.80 Å². The molecule has 0 spiro atoms. The van der Waals surface area contributed by atoms with E-state index in [1.165, 1.54) is 0 Å². The average molecular weight is 473 g/mol. The van der Waals surface area contributed by atoms with Crippen LogP contribution in [0.15, 0.2) is 63.8 Å². The van der Waals surface area contributed by atoms with E-state index in [2.05, 4.69) is 0 Å². The molecule has 2 heterocycles. The second kappa shape index (κ2) is 9.07. The molecule has 180 valence electrons. The minimum Gasteiger partial charge on any atom is -0.493 e. The van der Waals surface area contributed by atoms with Gasteiger partial charge in [0.1, 0.15) is 5.58 Å². The zero-order valence-electron chi connectivity index (χ0n) is 20.3. The van der Waals surface area contributed by atoms with Gasteiger partial charge in [-0.05, 0) is 50.2 Å². The van der Waals surface area contributed by atoms with Crippen LogP contribution in [0.2, 0.25) is 0 Å². The summed E-state index contributed by atoms with van der Waals surface area (Å²) in [4.78, 5) is 31.3. The number of hydrogen-bond acceptors (Lipinski definition) is 6. The first kappa shape index (κ1) is 22.9. The topological polar surface area (TPSA) is 72.2 Å². The SMILES string of the molecule is CCOc1ccc(C2c3c(oc4c(ccc5ccccc54)c3=O)C(=O)N2CCN(C)C)cc1OC. The molecule has 1 amide bonds. The molecule has 7 nitrogen and oxygen atoms in total. The molecule has 1 aliphatic heterocycles. The van der Waals surface area contributed by atoms with E-state index in [9.17, 15) is 9.59 Å². The summed E-state index contributed by atoms with van der Waals surface area (Å²) in [6.07, 6.45) is 0. The Balaban J connectivity index is 1.74. The molecule has 0 radical (unpaired) electrons. The smallest absolute Gasteiger partial charge is 0.290 e. The van der Waals surface area contributed by atoms with Crippen molar-refractivity contribution in [3.63, 3.8) is 0 Å². The lowest BCUT2D eigenvalue weighted by molar-refractivity contribution is 0.0716. The number of hydrogen-bond donors (Lipinski definition) is 0. The van der Waals surface area contributed by atoms with Crippen molar-refractivity contribution in [3.05, 3.63) is 81.7 Å². The first-order valence-corrected chi connectivity index (χ1v) is 11.7. The highest BCUT2D eigenvalue weighted by Crippen LogP contribution is 2.41. The molecule has 0 saturated carbocycles. The number of rotatable bonds is 7. The molecule has 0 bridgehead atoms. The lowest BCUT2D eigenvalue weighted by Crippen LogP contribution is -2.35. The number of amides is 1. The fourth-order valence-corrected chi connectivity index (χ4v) is 4.76. The minimum absolute atomic E-state index is 0.107. The lowest BCUT2D eigenvalue weighted by atomic mass is 9.97. The molecule has 1 aromatic heterocycles. The summed E-state index contributed by atoms with van der Waals surface area (Å²) in [6.45, 7) is 3.48. The van der Waals surface area contributed by atoms with Crippen LogP contribution in [-0.2, 0) is 0 Å². The van der Waals surface area contributed by atoms with E-state index < -0.39 is 6.04 Å². The van der Waals surface area contributed by atoms with Gasteiger partial charge in [-0.2, -0.15) is 0 Å². The monoisotopic (exact) mass is 472 g/mol. The largest absolute Gasteiger partial charge is 0.493 e. The maximum Gasteiger partial charge on any atom is 0.290 e. The van der Waals surface area contributed by atoms with Gasteiger partial charge in [0.2, 0.25) is 5.76 Å². The number of carbonyl (C=O) groups excluding carboxylic acids is 1. The van der Waals surface area contributed by atoms with Crippen molar-refractivity contribution in [2.45, 2.75) is 13.0 Å². The highest BCUT2D eigenvalue weighted by atomic mass is 16.5. The van der Waals surface area contributed by atoms with Crippen LogP contribution in [0, 0.1) is 0 Å². The van der Waals surface area contributed by atoms with Crippen LogP contribution < -0.4 is 14.9 Å². The standard InChI is InChI=1S/C28H28N2O5/c1-5-34-21-13-11-18(16-22(21)33-4)24-23-25(31)20-12-10-17-8-6-7-9-19(17)26(20)35-27(23)28(32)30(24)15-14-29(2)3/h6-13,16,24H,5,14-15H2,1-4H3. The zero-order valence-corrected chi connectivity index (χ0v) is 20.3. The predicted molar refractivity (Wildman–Crippen MR) is 136 cm³/mol. The molecule has 0 fully saturated rings. The molecule has 1 aliphatic rings. The van der Waals surface area contributed by atoms with Crippen LogP contribution in [-0.4, -0.2) is 56.6 Å². The highest BCUT2D eigenvalue weighted by Gasteiger charge is 2.43. The van der Waals surface area contributed by atoms with Gasteiger partial charge < -0.3 is 23.7 Å². The third-order valence-corrected chi connectivity index (χ3v) is 6.45. The van der Waals surface area contributed by atoms with Gasteiger partial charge in [0.25, 0.3) is 5.91 Å². The Labute approximate surface area is 203 Å². The van der Waals surface area contributed by atoms with Crippen molar-refractivity contribution in [2.75, 3.05) is 40.9 Å². The molecule has 35 heavy (non-hydrogen) atoms. The van der Waals surface area contributed by atoms with Crippen LogP contribution in [0.3, 0.4) is 0 Å². The van der Waals surface area contributed by atoms with Crippen molar-refractivity contribution in [2.24, 2.45) is 0 Å². The second-order valence-electron chi connectivity index (χ2n) is 8.89. The van der Waals surface area contributed by atoms with E-state index in [0.717, 1.165) is 16.3 Å². The van der Waals surface area contributed by atoms with Crippen LogP contribution in [0.25, 0.3) is 21.7 Å². The van der Waals surface area contributed by atoms with Gasteiger partial charge in [-0.15, -0.1) is 0 Å². The molecule has 7 heteroatoms. The van der Waals surface area contributed by atoms with Crippen LogP contribution in [0.4, 0.5) is 0 Å². The number of nitrogens with zero attached hydrogens (tertiary/aromatic N) is 2. The summed E-state index contributed by atoms with van der Waals surface area (Å²) in [5.41, 5.74) is 1.38. The molecule has 0 aliphatic carbocycles. The summed E-state index contributed by atoms with van der Waals surface area (Å²) in [5.74, 6) is 0.983. The Kier molecular flexibility index (Phi) is 5.94. The first-order valence-electron chi connectivity index (χ1n) is 11.7. The van der Waals surface area contributed by atoms with E-state index in [4.69, 9.17) is 13.9 Å². The molecular formula is C28H28N2O5. The number of likely N-dealkylation sites (N-methyl/N-ethyl adjacent to an activating group) is 1. The molecular weight excluding hydrogens is 444 g/mol. The van der Waals surface area contributed by atoms with Crippen LogP contribution in [0.5, 0.6) is 11.5 Å². The quantitative estimate of drug-likeness (QED) is 0.370. The van der Waals surface area contributed by atoms with E-state index in [1.807, 2.05) is 74.4 Å². The maximum absolute atomic E-state index is 13.9. The summed E-state index contributed by atoms with van der Waals surface area (Å²) in [6, 6.07) is 16.3. The molecule has 1 unspecified atom stereocenters. The van der Waals surface area contributed by atoms with Gasteiger partial charge in [-0.3, -0.25) is 9.59 Å². The first-order chi connectivity index (χ1) is 16.9. The van der Waals surface area contributed by atoms with Crippen LogP contribution in [0.1, 0.15) is 34.6 Å². The number of carbonyl (C=O) groups is 1. The average Bonchev–Trinajstić information content (AvgIpc) is 3.14. The van der Waals surface area contributed by atoms with Crippen molar-refractivity contribution >= 4 is 27.6 Å². The molecule has 0 N–H and O–H groups in total. The Morgan fingerprint density at radius 2 is 1.80 bits per heavy atom. The van der Waals surface area contributed by atoms with Gasteiger partial charge in [-0.1, -0.05) is 36.4 Å². The molecule has 5 rings (SSSR count). The number of fused-ring (bicyclic) bond motifs is 4. The number of ether oxygens (including phenoxy) is 2. The summed E-state index contributed by atoms with van der Waals surface area (Å²) < 4.78 is 17.5. The molecule has 0 saturated heterocycles. The lowest BCUT2D eigenvalue weighted by Gasteiger charge is -2.27. The summed E-state index contributed by atoms with van der Waals surface area (Å²) in [5, 5.41) is 2.22. The molecule has 1 atom stereocenters. The number of methoxy groups -OCH3 is 1. The second-order valence-corrected chi connectivity index (χ2v) is 8.89. The Hall–Kier alpha value is -3.84. The fourth-order valence-electron chi connectivity index (χ4n) is 4.76. The van der Waals surface area contributed by atoms with E-state index in [1.54, 1.807) is 18.1 Å². The predicted octanol–water partition coefficient (Wildman–Crippen LogP) is 4.46. The van der Waals surface area contributed by atoms with Gasteiger partial charge in [0, 0.05) is 18.5 Å². The van der Waals surface area contributed by atoms with Gasteiger partial charge >= 0.3 is 0 Å². The molecule has 3 aromatic carbocycles.